The molecule has 0 unspecified atom stereocenters. The van der Waals surface area contributed by atoms with Crippen molar-refractivity contribution in [3.8, 4) is 0 Å². The van der Waals surface area contributed by atoms with Gasteiger partial charge in [0.15, 0.2) is 0 Å². The van der Waals surface area contributed by atoms with Gasteiger partial charge in [-0.25, -0.2) is 0 Å². The van der Waals surface area contributed by atoms with Crippen molar-refractivity contribution in [2.45, 2.75) is 54.8 Å². The van der Waals surface area contributed by atoms with Crippen LogP contribution in [0.3, 0.4) is 0 Å². The summed E-state index contributed by atoms with van der Waals surface area (Å²) in [5, 5.41) is 2.05. The Bertz CT molecular complexity index is 1660. The average Bonchev–Trinajstić information content (AvgIpc) is 3.36. The summed E-state index contributed by atoms with van der Waals surface area (Å²) in [5.41, 5.74) is 3.00. The number of aryl methyl sites for hydroxylation is 1. The summed E-state index contributed by atoms with van der Waals surface area (Å²) in [5.74, 6) is 0.308. The number of nitrogens with zero attached hydrogens (tertiary/aromatic N) is 3. The Morgan fingerprint density at radius 2 is 1.62 bits per heavy atom. The molecule has 0 N–H and O–H groups in total. The second-order valence-electron chi connectivity index (χ2n) is 10.1. The van der Waals surface area contributed by atoms with Gasteiger partial charge in [0, 0.05) is 0 Å². The standard InChI is InChI=1S/C30H29N3O4SSe/c1-22-14-16-24(17-15-22)38(35,36)32-20-26(25-12-6-7-13-27(25)32)28-31-39-30(18-8-3-9-19-30)29(34)33(28)37-21-23-10-4-2-5-11-23/h2,4-7,10-17,20H,3,8-9,18-19,21H2,1H3. The van der Waals surface area contributed by atoms with Gasteiger partial charge in [0.25, 0.3) is 0 Å². The van der Waals surface area contributed by atoms with Gasteiger partial charge in [-0.05, 0) is 0 Å². The van der Waals surface area contributed by atoms with Gasteiger partial charge in [0.1, 0.15) is 0 Å². The molecule has 4 aromatic rings. The monoisotopic (exact) mass is 607 g/mol. The maximum atomic E-state index is 14.1. The van der Waals surface area contributed by atoms with E-state index in [1.54, 1.807) is 36.5 Å². The summed E-state index contributed by atoms with van der Waals surface area (Å²) in [6.07, 6.45) is 6.31. The Hall–Kier alpha value is -3.23. The van der Waals surface area contributed by atoms with Gasteiger partial charge >= 0.3 is 236 Å². The van der Waals surface area contributed by atoms with Crippen LogP contribution in [-0.4, -0.2) is 44.4 Å². The van der Waals surface area contributed by atoms with E-state index in [1.807, 2.05) is 55.5 Å². The van der Waals surface area contributed by atoms with Gasteiger partial charge in [0.05, 0.1) is 0 Å². The molecule has 7 nitrogen and oxygen atoms in total. The third-order valence-electron chi connectivity index (χ3n) is 7.43. The average molecular weight is 607 g/mol. The zero-order chi connectivity index (χ0) is 27.0. The van der Waals surface area contributed by atoms with Gasteiger partial charge in [-0.15, -0.1) is 0 Å². The molecule has 3 aromatic carbocycles. The van der Waals surface area contributed by atoms with Crippen LogP contribution in [0.4, 0.5) is 0 Å². The maximum absolute atomic E-state index is 14.1. The molecule has 1 spiro atoms. The fourth-order valence-electron chi connectivity index (χ4n) is 5.26. The molecule has 0 saturated heterocycles. The first-order chi connectivity index (χ1) is 18.9. The molecule has 0 bridgehead atoms. The number of para-hydroxylation sites is 1. The molecule has 0 atom stereocenters. The summed E-state index contributed by atoms with van der Waals surface area (Å²) in [6.45, 7) is 2.12. The van der Waals surface area contributed by atoms with Crippen molar-refractivity contribution in [2.24, 2.45) is 4.01 Å². The molecule has 1 saturated carbocycles. The Morgan fingerprint density at radius 1 is 0.923 bits per heavy atom. The molecule has 1 aliphatic heterocycles. The molecule has 2 aliphatic rings. The molecule has 0 radical (unpaired) electrons. The molecule has 1 aromatic heterocycles. The van der Waals surface area contributed by atoms with Crippen molar-refractivity contribution in [3.05, 3.63) is 102 Å². The summed E-state index contributed by atoms with van der Waals surface area (Å²) in [6, 6.07) is 23.8. The number of hydrogen-bond acceptors (Lipinski definition) is 5. The molecule has 1 aliphatic carbocycles. The number of amides is 1. The van der Waals surface area contributed by atoms with Crippen molar-refractivity contribution in [3.63, 3.8) is 0 Å². The minimum absolute atomic E-state index is 0.0682. The van der Waals surface area contributed by atoms with Gasteiger partial charge in [-0.2, -0.15) is 0 Å². The van der Waals surface area contributed by atoms with E-state index in [0.717, 1.165) is 43.2 Å². The van der Waals surface area contributed by atoms with Crippen LogP contribution in [0.15, 0.2) is 94.0 Å². The fourth-order valence-corrected chi connectivity index (χ4v) is 8.86. The molecule has 2 heterocycles. The van der Waals surface area contributed by atoms with E-state index in [4.69, 9.17) is 8.85 Å². The molecular weight excluding hydrogens is 577 g/mol. The first-order valence-corrected chi connectivity index (χ1v) is 16.2. The van der Waals surface area contributed by atoms with Crippen LogP contribution >= 0.6 is 0 Å². The van der Waals surface area contributed by atoms with E-state index in [1.165, 1.54) is 9.04 Å². The predicted molar refractivity (Wildman–Crippen MR) is 152 cm³/mol. The van der Waals surface area contributed by atoms with Crippen LogP contribution in [0.1, 0.15) is 48.8 Å². The quantitative estimate of drug-likeness (QED) is 0.266. The minimum atomic E-state index is -3.89. The fraction of sp³-hybridized carbons (Fsp3) is 0.267. The van der Waals surface area contributed by atoms with Crippen LogP contribution in [0.25, 0.3) is 10.9 Å². The molecule has 1 fully saturated rings. The Labute approximate surface area is 234 Å². The van der Waals surface area contributed by atoms with Gasteiger partial charge < -0.3 is 0 Å². The third kappa shape index (κ3) is 4.74. The molecule has 39 heavy (non-hydrogen) atoms. The number of hydrogen-bond donors (Lipinski definition) is 0. The topological polar surface area (TPSA) is 81.0 Å². The summed E-state index contributed by atoms with van der Waals surface area (Å²) in [7, 11) is -3.89. The van der Waals surface area contributed by atoms with Crippen LogP contribution in [0.5, 0.6) is 0 Å². The van der Waals surface area contributed by atoms with Crippen molar-refractivity contribution < 1.29 is 18.0 Å². The number of carbonyl (C=O) groups is 1. The first-order valence-electron chi connectivity index (χ1n) is 13.1. The third-order valence-corrected chi connectivity index (χ3v) is 11.6. The van der Waals surface area contributed by atoms with E-state index in [2.05, 4.69) is 0 Å². The summed E-state index contributed by atoms with van der Waals surface area (Å²) < 4.78 is 33.3. The Balaban J connectivity index is 1.46. The van der Waals surface area contributed by atoms with Crippen LogP contribution in [-0.2, 0) is 26.3 Å². The normalized spacial score (nSPS) is 17.5. The van der Waals surface area contributed by atoms with E-state index in [-0.39, 0.29) is 32.6 Å². The van der Waals surface area contributed by atoms with Crippen molar-refractivity contribution in [2.75, 3.05) is 0 Å². The van der Waals surface area contributed by atoms with Crippen LogP contribution in [0.2, 0.25) is 4.31 Å². The van der Waals surface area contributed by atoms with Gasteiger partial charge in [0.2, 0.25) is 0 Å². The second-order valence-corrected chi connectivity index (χ2v) is 14.3. The number of amidine groups is 1. The number of rotatable bonds is 6. The predicted octanol–water partition coefficient (Wildman–Crippen LogP) is 5.65. The first kappa shape index (κ1) is 26.0. The van der Waals surface area contributed by atoms with E-state index < -0.39 is 14.3 Å². The number of aromatic nitrogens is 1. The number of fused-ring (bicyclic) bond motifs is 1. The zero-order valence-corrected chi connectivity index (χ0v) is 24.1. The molecule has 200 valence electrons. The molecular formula is C30H29N3O4SSe. The summed E-state index contributed by atoms with van der Waals surface area (Å²) in [4.78, 5) is 20.5. The molecule has 1 amide bonds. The van der Waals surface area contributed by atoms with E-state index >= 15 is 0 Å². The Kier molecular flexibility index (Phi) is 6.93. The SMILES string of the molecule is Cc1ccc(S(=O)(=O)n2cc(C3=N[Se]C4(CCCCC4)C(=O)N3OCc3ccccc3)c3ccccc32)cc1. The second kappa shape index (κ2) is 10.4. The Morgan fingerprint density at radius 3 is 2.36 bits per heavy atom. The van der Waals surface area contributed by atoms with E-state index in [9.17, 15) is 13.2 Å². The van der Waals surface area contributed by atoms with E-state index in [0.29, 0.717) is 22.3 Å². The van der Waals surface area contributed by atoms with Gasteiger partial charge in [-0.1, -0.05) is 0 Å². The van der Waals surface area contributed by atoms with Crippen LogP contribution < -0.4 is 0 Å². The zero-order valence-electron chi connectivity index (χ0n) is 21.6. The molecule has 6 rings (SSSR count). The number of carbonyl (C=O) groups excluding carboxylic acids is 1. The van der Waals surface area contributed by atoms with Crippen molar-refractivity contribution >= 4 is 47.8 Å². The van der Waals surface area contributed by atoms with Crippen LogP contribution in [0, 0.1) is 6.92 Å². The molecule has 9 heteroatoms. The number of hydroxylamine groups is 2. The summed E-state index contributed by atoms with van der Waals surface area (Å²) >= 11 is -0.328. The van der Waals surface area contributed by atoms with Gasteiger partial charge in [-0.3, -0.25) is 0 Å². The van der Waals surface area contributed by atoms with Crippen molar-refractivity contribution in [1.29, 1.82) is 0 Å². The van der Waals surface area contributed by atoms with Crippen molar-refractivity contribution in [1.82, 2.24) is 9.04 Å². The number of benzene rings is 3.